The summed E-state index contributed by atoms with van der Waals surface area (Å²) in [4.78, 5) is 12.2. The number of halogens is 3. The molecule has 1 fully saturated rings. The van der Waals surface area contributed by atoms with Crippen LogP contribution >= 0.6 is 12.2 Å². The topological polar surface area (TPSA) is 70.6 Å². The Morgan fingerprint density at radius 2 is 1.96 bits per heavy atom. The van der Waals surface area contributed by atoms with Crippen LogP contribution in [0.3, 0.4) is 0 Å². The highest BCUT2D eigenvalue weighted by atomic mass is 32.1. The van der Waals surface area contributed by atoms with E-state index >= 15 is 0 Å². The molecule has 0 spiro atoms. The standard InChI is InChI=1S/C15H17F3N2O3S/c1-3-23-12(21)10-11(9-6-4-8(2)5-7-9)19-13(24)20-14(10,22)15(16,17)18/h4-7,10-11,22H,3H2,1-2H3,(H2,19,20,24)/t10-,11-,14+/m0/s1. The summed E-state index contributed by atoms with van der Waals surface area (Å²) in [5.41, 5.74) is -2.25. The number of thiocarbonyl (C=S) groups is 1. The maximum Gasteiger partial charge on any atom is 0.437 e. The molecule has 5 nitrogen and oxygen atoms in total. The quantitative estimate of drug-likeness (QED) is 0.564. The van der Waals surface area contributed by atoms with Gasteiger partial charge < -0.3 is 20.5 Å². The van der Waals surface area contributed by atoms with Crippen LogP contribution in [0.5, 0.6) is 0 Å². The highest BCUT2D eigenvalue weighted by molar-refractivity contribution is 7.80. The van der Waals surface area contributed by atoms with Crippen LogP contribution < -0.4 is 10.6 Å². The van der Waals surface area contributed by atoms with Crippen molar-refractivity contribution in [1.29, 1.82) is 0 Å². The fourth-order valence-electron chi connectivity index (χ4n) is 2.59. The summed E-state index contributed by atoms with van der Waals surface area (Å²) in [5, 5.41) is 14.3. The van der Waals surface area contributed by atoms with Crippen LogP contribution in [0, 0.1) is 12.8 Å². The van der Waals surface area contributed by atoms with E-state index in [-0.39, 0.29) is 6.61 Å². The van der Waals surface area contributed by atoms with Gasteiger partial charge in [0.15, 0.2) is 5.11 Å². The van der Waals surface area contributed by atoms with Crippen LogP contribution in [0.25, 0.3) is 0 Å². The molecule has 0 aliphatic carbocycles. The second-order valence-corrected chi connectivity index (χ2v) is 5.89. The van der Waals surface area contributed by atoms with Gasteiger partial charge in [0.05, 0.1) is 12.6 Å². The first kappa shape index (κ1) is 18.5. The molecule has 0 amide bonds. The van der Waals surface area contributed by atoms with E-state index in [0.717, 1.165) is 5.56 Å². The molecule has 1 aliphatic rings. The van der Waals surface area contributed by atoms with E-state index in [1.165, 1.54) is 6.92 Å². The van der Waals surface area contributed by atoms with E-state index in [0.29, 0.717) is 5.56 Å². The Morgan fingerprint density at radius 1 is 1.38 bits per heavy atom. The van der Waals surface area contributed by atoms with Gasteiger partial charge in [-0.25, -0.2) is 0 Å². The molecule has 1 saturated heterocycles. The first-order valence-corrected chi connectivity index (χ1v) is 7.62. The zero-order valence-electron chi connectivity index (χ0n) is 13.0. The number of hydrogen-bond donors (Lipinski definition) is 3. The van der Waals surface area contributed by atoms with Gasteiger partial charge in [-0.15, -0.1) is 0 Å². The molecule has 3 atom stereocenters. The van der Waals surface area contributed by atoms with E-state index in [1.54, 1.807) is 29.6 Å². The molecule has 3 N–H and O–H groups in total. The van der Waals surface area contributed by atoms with E-state index in [1.807, 2.05) is 6.92 Å². The van der Waals surface area contributed by atoms with Crippen LogP contribution in [-0.2, 0) is 9.53 Å². The maximum absolute atomic E-state index is 13.5. The largest absolute Gasteiger partial charge is 0.466 e. The lowest BCUT2D eigenvalue weighted by molar-refractivity contribution is -0.292. The lowest BCUT2D eigenvalue weighted by Gasteiger charge is -2.45. The highest BCUT2D eigenvalue weighted by Gasteiger charge is 2.66. The second-order valence-electron chi connectivity index (χ2n) is 5.48. The van der Waals surface area contributed by atoms with E-state index in [2.05, 4.69) is 5.32 Å². The number of hydrogen-bond acceptors (Lipinski definition) is 4. The van der Waals surface area contributed by atoms with Gasteiger partial charge in [0.1, 0.15) is 5.92 Å². The number of rotatable bonds is 3. The van der Waals surface area contributed by atoms with Gasteiger partial charge in [0.2, 0.25) is 0 Å². The van der Waals surface area contributed by atoms with Crippen LogP contribution in [0.15, 0.2) is 24.3 Å². The fraction of sp³-hybridized carbons (Fsp3) is 0.467. The van der Waals surface area contributed by atoms with Crippen LogP contribution in [-0.4, -0.2) is 34.7 Å². The number of ether oxygens (including phenoxy) is 1. The van der Waals surface area contributed by atoms with Crippen molar-refractivity contribution in [3.05, 3.63) is 35.4 Å². The summed E-state index contributed by atoms with van der Waals surface area (Å²) in [5.74, 6) is -3.14. The van der Waals surface area contributed by atoms with Crippen LogP contribution in [0.1, 0.15) is 24.1 Å². The number of nitrogens with one attached hydrogen (secondary N) is 2. The number of aryl methyl sites for hydroxylation is 1. The molecular formula is C15H17F3N2O3S. The zero-order valence-corrected chi connectivity index (χ0v) is 13.8. The van der Waals surface area contributed by atoms with Crippen molar-refractivity contribution >= 4 is 23.3 Å². The number of esters is 1. The Hall–Kier alpha value is -1.87. The normalized spacial score (nSPS) is 27.2. The number of carbonyl (C=O) groups is 1. The minimum atomic E-state index is -5.14. The molecule has 1 aromatic carbocycles. The van der Waals surface area contributed by atoms with Gasteiger partial charge in [-0.05, 0) is 31.6 Å². The molecule has 0 saturated carbocycles. The van der Waals surface area contributed by atoms with Crippen molar-refractivity contribution in [2.45, 2.75) is 31.8 Å². The monoisotopic (exact) mass is 362 g/mol. The molecule has 132 valence electrons. The first-order chi connectivity index (χ1) is 11.1. The van der Waals surface area contributed by atoms with Gasteiger partial charge in [0.25, 0.3) is 5.72 Å². The summed E-state index contributed by atoms with van der Waals surface area (Å²) in [6.07, 6.45) is -5.14. The molecule has 24 heavy (non-hydrogen) atoms. The summed E-state index contributed by atoms with van der Waals surface area (Å²) in [6.45, 7) is 3.17. The maximum atomic E-state index is 13.5. The SMILES string of the molecule is CCOC(=O)[C@@H]1[C@H](c2ccc(C)cc2)NC(=S)N[C@]1(O)C(F)(F)F. The summed E-state index contributed by atoms with van der Waals surface area (Å²) < 4.78 is 45.2. The Bertz CT molecular complexity index is 636. The smallest absolute Gasteiger partial charge is 0.437 e. The molecule has 1 heterocycles. The van der Waals surface area contributed by atoms with E-state index in [9.17, 15) is 23.1 Å². The second kappa shape index (κ2) is 6.56. The fourth-order valence-corrected chi connectivity index (χ4v) is 2.87. The summed E-state index contributed by atoms with van der Waals surface area (Å²) >= 11 is 4.80. The van der Waals surface area contributed by atoms with Gasteiger partial charge in [0, 0.05) is 0 Å². The Kier molecular flexibility index (Phi) is 5.05. The molecule has 0 bridgehead atoms. The lowest BCUT2D eigenvalue weighted by atomic mass is 9.82. The Balaban J connectivity index is 2.55. The molecule has 0 unspecified atom stereocenters. The van der Waals surface area contributed by atoms with Crippen molar-refractivity contribution in [2.75, 3.05) is 6.61 Å². The molecule has 1 aromatic rings. The number of alkyl halides is 3. The summed E-state index contributed by atoms with van der Waals surface area (Å²) in [7, 11) is 0. The third-order valence-electron chi connectivity index (χ3n) is 3.78. The van der Waals surface area contributed by atoms with Crippen LogP contribution in [0.2, 0.25) is 0 Å². The van der Waals surface area contributed by atoms with Crippen molar-refractivity contribution in [1.82, 2.24) is 10.6 Å². The molecule has 9 heteroatoms. The van der Waals surface area contributed by atoms with Crippen molar-refractivity contribution in [3.8, 4) is 0 Å². The Labute approximate surface area is 142 Å². The number of benzene rings is 1. The van der Waals surface area contributed by atoms with Crippen molar-refractivity contribution in [3.63, 3.8) is 0 Å². The minimum Gasteiger partial charge on any atom is -0.466 e. The van der Waals surface area contributed by atoms with Crippen molar-refractivity contribution < 1.29 is 27.8 Å². The van der Waals surface area contributed by atoms with Gasteiger partial charge in [-0.3, -0.25) is 4.79 Å². The minimum absolute atomic E-state index is 0.117. The lowest BCUT2D eigenvalue weighted by Crippen LogP contribution is -2.73. The van der Waals surface area contributed by atoms with Gasteiger partial charge >= 0.3 is 12.1 Å². The highest BCUT2D eigenvalue weighted by Crippen LogP contribution is 2.43. The zero-order chi connectivity index (χ0) is 18.1. The van der Waals surface area contributed by atoms with Gasteiger partial charge in [-0.1, -0.05) is 29.8 Å². The Morgan fingerprint density at radius 3 is 2.46 bits per heavy atom. The van der Waals surface area contributed by atoms with E-state index < -0.39 is 34.9 Å². The third-order valence-corrected chi connectivity index (χ3v) is 4.00. The van der Waals surface area contributed by atoms with E-state index in [4.69, 9.17) is 17.0 Å². The molecule has 0 radical (unpaired) electrons. The average molecular weight is 362 g/mol. The van der Waals surface area contributed by atoms with Crippen molar-refractivity contribution in [2.24, 2.45) is 5.92 Å². The molecular weight excluding hydrogens is 345 g/mol. The van der Waals surface area contributed by atoms with Gasteiger partial charge in [-0.2, -0.15) is 13.2 Å². The molecule has 1 aliphatic heterocycles. The molecule has 0 aromatic heterocycles. The van der Waals surface area contributed by atoms with Crippen LogP contribution in [0.4, 0.5) is 13.2 Å². The summed E-state index contributed by atoms with van der Waals surface area (Å²) in [6, 6.07) is 5.34. The first-order valence-electron chi connectivity index (χ1n) is 7.21. The number of aliphatic hydroxyl groups is 1. The molecule has 2 rings (SSSR count). The predicted octanol–water partition coefficient (Wildman–Crippen LogP) is 1.94. The third kappa shape index (κ3) is 3.32. The average Bonchev–Trinajstić information content (AvgIpc) is 2.46. The predicted molar refractivity (Wildman–Crippen MR) is 83.9 cm³/mol. The number of carbonyl (C=O) groups excluding carboxylic acids is 1.